The van der Waals surface area contributed by atoms with Crippen LogP contribution in [0.5, 0.6) is 0 Å². The number of hydrogen-bond acceptors (Lipinski definition) is 4. The molecule has 0 amide bonds. The van der Waals surface area contributed by atoms with Crippen molar-refractivity contribution in [2.45, 2.75) is 19.8 Å². The Morgan fingerprint density at radius 1 is 0.920 bits per heavy atom. The largest absolute Gasteiger partial charge is 0.399 e. The molecule has 0 N–H and O–H groups in total. The number of nitrogens with zero attached hydrogens (tertiary/aromatic N) is 2. The molecule has 0 heterocycles. The average Bonchev–Trinajstić information content (AvgIpc) is 2.60. The Hall–Kier alpha value is -2.04. The summed E-state index contributed by atoms with van der Waals surface area (Å²) in [6.07, 6.45) is 1.72. The monoisotopic (exact) mass is 378 g/mol. The summed E-state index contributed by atoms with van der Waals surface area (Å²) >= 11 is 12.2. The van der Waals surface area contributed by atoms with Gasteiger partial charge in [-0.15, -0.1) is 0 Å². The van der Waals surface area contributed by atoms with E-state index in [0.29, 0.717) is 21.5 Å². The van der Waals surface area contributed by atoms with E-state index in [9.17, 15) is 0 Å². The van der Waals surface area contributed by atoms with Crippen molar-refractivity contribution in [2.75, 3.05) is 14.2 Å². The fourth-order valence-electron chi connectivity index (χ4n) is 2.43. The lowest BCUT2D eigenvalue weighted by atomic mass is 10.0. The summed E-state index contributed by atoms with van der Waals surface area (Å²) in [7, 11) is 3.00. The Bertz CT molecular complexity index is 771. The molecule has 0 saturated heterocycles. The molecule has 0 saturated carbocycles. The molecular weight excluding hydrogens is 359 g/mol. The van der Waals surface area contributed by atoms with Gasteiger partial charge in [-0.25, -0.2) is 0 Å². The van der Waals surface area contributed by atoms with Gasteiger partial charge in [0, 0.05) is 15.6 Å². The second-order valence-electron chi connectivity index (χ2n) is 5.41. The van der Waals surface area contributed by atoms with Gasteiger partial charge in [-0.05, 0) is 43.0 Å². The highest BCUT2D eigenvalue weighted by molar-refractivity contribution is 6.47. The first-order valence-corrected chi connectivity index (χ1v) is 8.53. The molecule has 4 nitrogen and oxygen atoms in total. The molecule has 132 valence electrons. The first-order chi connectivity index (χ1) is 12.0. The molecule has 6 heteroatoms. The third-order valence-electron chi connectivity index (χ3n) is 3.68. The number of oxime groups is 2. The van der Waals surface area contributed by atoms with Crippen LogP contribution in [-0.4, -0.2) is 25.6 Å². The molecule has 0 aromatic heterocycles. The van der Waals surface area contributed by atoms with Crippen LogP contribution in [0.4, 0.5) is 0 Å². The third-order valence-corrected chi connectivity index (χ3v) is 4.27. The lowest BCUT2D eigenvalue weighted by molar-refractivity contribution is 0.210. The Morgan fingerprint density at radius 3 is 2.20 bits per heavy atom. The maximum absolute atomic E-state index is 6.22. The molecule has 0 unspecified atom stereocenters. The maximum Gasteiger partial charge on any atom is 0.134 e. The Labute approximate surface area is 158 Å². The van der Waals surface area contributed by atoms with Crippen molar-refractivity contribution in [2.24, 2.45) is 10.3 Å². The van der Waals surface area contributed by atoms with Crippen LogP contribution >= 0.6 is 23.2 Å². The van der Waals surface area contributed by atoms with E-state index < -0.39 is 0 Å². The van der Waals surface area contributed by atoms with Gasteiger partial charge in [0.15, 0.2) is 0 Å². The van der Waals surface area contributed by atoms with Gasteiger partial charge in [-0.3, -0.25) is 0 Å². The van der Waals surface area contributed by atoms with Crippen molar-refractivity contribution >= 4 is 34.6 Å². The Kier molecular flexibility index (Phi) is 7.29. The van der Waals surface area contributed by atoms with Gasteiger partial charge < -0.3 is 9.68 Å². The highest BCUT2D eigenvalue weighted by atomic mass is 35.5. The van der Waals surface area contributed by atoms with Crippen molar-refractivity contribution in [3.05, 3.63) is 69.2 Å². The van der Waals surface area contributed by atoms with Crippen LogP contribution in [0.15, 0.2) is 52.8 Å². The number of rotatable bonds is 7. The van der Waals surface area contributed by atoms with Gasteiger partial charge in [-0.1, -0.05) is 63.8 Å². The maximum atomic E-state index is 6.22. The lowest BCUT2D eigenvalue weighted by Crippen LogP contribution is -2.13. The predicted octanol–water partition coefficient (Wildman–Crippen LogP) is 5.15. The van der Waals surface area contributed by atoms with E-state index in [1.165, 1.54) is 19.8 Å². The molecule has 0 atom stereocenters. The van der Waals surface area contributed by atoms with Gasteiger partial charge in [0.25, 0.3) is 0 Å². The van der Waals surface area contributed by atoms with Crippen LogP contribution in [-0.2, 0) is 22.5 Å². The fourth-order valence-corrected chi connectivity index (χ4v) is 2.93. The van der Waals surface area contributed by atoms with Crippen molar-refractivity contribution in [1.29, 1.82) is 0 Å². The van der Waals surface area contributed by atoms with Crippen LogP contribution in [0.2, 0.25) is 10.0 Å². The highest BCUT2D eigenvalue weighted by Crippen LogP contribution is 2.22. The SMILES string of the molecule is CON=C(C)C(=NOC)c1ccc(CCc2ccc(Cl)cc2Cl)cc1. The second-order valence-corrected chi connectivity index (χ2v) is 6.26. The number of hydrogen-bond donors (Lipinski definition) is 0. The standard InChI is InChI=1S/C19H20Cl2N2O2/c1-13(22-24-2)19(23-25-3)16-8-5-14(6-9-16)4-7-15-10-11-17(20)12-18(15)21/h5-6,8-12H,4,7H2,1-3H3. The van der Waals surface area contributed by atoms with E-state index >= 15 is 0 Å². The molecule has 0 aliphatic rings. The summed E-state index contributed by atoms with van der Waals surface area (Å²) in [4.78, 5) is 9.72. The minimum atomic E-state index is 0.636. The van der Waals surface area contributed by atoms with Crippen LogP contribution in [0, 0.1) is 0 Å². The zero-order chi connectivity index (χ0) is 18.2. The number of aryl methyl sites for hydroxylation is 2. The van der Waals surface area contributed by atoms with Gasteiger partial charge in [0.1, 0.15) is 25.6 Å². The average molecular weight is 379 g/mol. The minimum absolute atomic E-state index is 0.636. The van der Waals surface area contributed by atoms with E-state index in [1.807, 2.05) is 31.2 Å². The molecular formula is C19H20Cl2N2O2. The van der Waals surface area contributed by atoms with E-state index in [0.717, 1.165) is 24.0 Å². The van der Waals surface area contributed by atoms with E-state index in [1.54, 1.807) is 6.07 Å². The van der Waals surface area contributed by atoms with E-state index in [-0.39, 0.29) is 0 Å². The first kappa shape index (κ1) is 19.3. The predicted molar refractivity (Wildman–Crippen MR) is 104 cm³/mol. The quantitative estimate of drug-likeness (QED) is 0.493. The Morgan fingerprint density at radius 2 is 1.60 bits per heavy atom. The number of halogens is 2. The van der Waals surface area contributed by atoms with Crippen molar-refractivity contribution in [3.8, 4) is 0 Å². The Balaban J connectivity index is 2.11. The van der Waals surface area contributed by atoms with E-state index in [2.05, 4.69) is 22.4 Å². The normalized spacial score (nSPS) is 12.2. The summed E-state index contributed by atoms with van der Waals surface area (Å²) in [6, 6.07) is 13.7. The molecule has 0 spiro atoms. The van der Waals surface area contributed by atoms with Gasteiger partial charge in [0.05, 0.1) is 0 Å². The first-order valence-electron chi connectivity index (χ1n) is 7.77. The molecule has 0 radical (unpaired) electrons. The molecule has 2 aromatic carbocycles. The van der Waals surface area contributed by atoms with Crippen LogP contribution < -0.4 is 0 Å². The minimum Gasteiger partial charge on any atom is -0.399 e. The summed E-state index contributed by atoms with van der Waals surface area (Å²) in [5.41, 5.74) is 4.47. The molecule has 0 fully saturated rings. The lowest BCUT2D eigenvalue weighted by Gasteiger charge is -2.08. The zero-order valence-electron chi connectivity index (χ0n) is 14.4. The molecule has 0 aliphatic heterocycles. The molecule has 0 aliphatic carbocycles. The van der Waals surface area contributed by atoms with Crippen LogP contribution in [0.1, 0.15) is 23.6 Å². The summed E-state index contributed by atoms with van der Waals surface area (Å²) in [6.45, 7) is 1.82. The van der Waals surface area contributed by atoms with E-state index in [4.69, 9.17) is 32.9 Å². The molecule has 25 heavy (non-hydrogen) atoms. The molecule has 2 rings (SSSR count). The van der Waals surface area contributed by atoms with Crippen molar-refractivity contribution in [3.63, 3.8) is 0 Å². The van der Waals surface area contributed by atoms with Gasteiger partial charge >= 0.3 is 0 Å². The van der Waals surface area contributed by atoms with Crippen LogP contribution in [0.25, 0.3) is 0 Å². The third kappa shape index (κ3) is 5.48. The summed E-state index contributed by atoms with van der Waals surface area (Å²) in [5.74, 6) is 0. The van der Waals surface area contributed by atoms with Crippen molar-refractivity contribution in [1.82, 2.24) is 0 Å². The van der Waals surface area contributed by atoms with Gasteiger partial charge in [0.2, 0.25) is 0 Å². The topological polar surface area (TPSA) is 43.2 Å². The van der Waals surface area contributed by atoms with Crippen LogP contribution in [0.3, 0.4) is 0 Å². The van der Waals surface area contributed by atoms with Gasteiger partial charge in [-0.2, -0.15) is 0 Å². The molecule has 2 aromatic rings. The second kappa shape index (κ2) is 9.44. The zero-order valence-corrected chi connectivity index (χ0v) is 15.9. The fraction of sp³-hybridized carbons (Fsp3) is 0.263. The smallest absolute Gasteiger partial charge is 0.134 e. The number of benzene rings is 2. The van der Waals surface area contributed by atoms with Crippen molar-refractivity contribution < 1.29 is 9.68 Å². The highest BCUT2D eigenvalue weighted by Gasteiger charge is 2.10. The summed E-state index contributed by atoms with van der Waals surface area (Å²) in [5, 5.41) is 9.30. The summed E-state index contributed by atoms with van der Waals surface area (Å²) < 4.78 is 0. The molecule has 0 bridgehead atoms.